The minimum atomic E-state index is -0.359. The molecule has 7 heteroatoms. The summed E-state index contributed by atoms with van der Waals surface area (Å²) in [5.41, 5.74) is 3.75. The number of nitrogens with zero attached hydrogens (tertiary/aromatic N) is 1. The number of carbonyl (C=O) groups excluding carboxylic acids is 2. The van der Waals surface area contributed by atoms with Crippen LogP contribution in [0.15, 0.2) is 53.6 Å². The number of ether oxygens (including phenoxy) is 1. The second-order valence-corrected chi connectivity index (χ2v) is 6.49. The molecule has 0 aliphatic heterocycles. The Morgan fingerprint density at radius 3 is 2.52 bits per heavy atom. The molecule has 0 saturated carbocycles. The van der Waals surface area contributed by atoms with E-state index in [2.05, 4.69) is 15.8 Å². The highest BCUT2D eigenvalue weighted by molar-refractivity contribution is 6.30. The zero-order valence-electron chi connectivity index (χ0n) is 15.2. The molecule has 0 aliphatic rings. The number of hydrogen-bond donors (Lipinski definition) is 2. The zero-order chi connectivity index (χ0) is 19.6. The summed E-state index contributed by atoms with van der Waals surface area (Å²) in [5.74, 6) is 0.0280. The van der Waals surface area contributed by atoms with Gasteiger partial charge in [0.2, 0.25) is 11.8 Å². The SMILES string of the molecule is CC(C)Oc1ccc(Cl)cc1C=NNC(=O)CCC(=O)Nc1ccccc1. The average molecular weight is 388 g/mol. The van der Waals surface area contributed by atoms with E-state index in [0.29, 0.717) is 22.0 Å². The number of carbonyl (C=O) groups is 2. The number of halogens is 1. The van der Waals surface area contributed by atoms with Crippen LogP contribution in [0, 0.1) is 0 Å². The van der Waals surface area contributed by atoms with Gasteiger partial charge in [-0.05, 0) is 44.2 Å². The third-order valence-corrected chi connectivity index (χ3v) is 3.60. The number of nitrogens with one attached hydrogen (secondary N) is 2. The summed E-state index contributed by atoms with van der Waals surface area (Å²) in [6, 6.07) is 14.2. The van der Waals surface area contributed by atoms with E-state index >= 15 is 0 Å². The Morgan fingerprint density at radius 1 is 1.11 bits per heavy atom. The highest BCUT2D eigenvalue weighted by Crippen LogP contribution is 2.22. The van der Waals surface area contributed by atoms with Crippen molar-refractivity contribution in [1.82, 2.24) is 5.43 Å². The van der Waals surface area contributed by atoms with E-state index in [1.54, 1.807) is 30.3 Å². The maximum Gasteiger partial charge on any atom is 0.240 e. The Kier molecular flexibility index (Phi) is 7.82. The van der Waals surface area contributed by atoms with E-state index in [1.807, 2.05) is 32.0 Å². The van der Waals surface area contributed by atoms with Gasteiger partial charge in [-0.2, -0.15) is 5.10 Å². The molecule has 27 heavy (non-hydrogen) atoms. The normalized spacial score (nSPS) is 10.8. The van der Waals surface area contributed by atoms with E-state index < -0.39 is 0 Å². The number of amides is 2. The molecule has 142 valence electrons. The fraction of sp³-hybridized carbons (Fsp3) is 0.250. The summed E-state index contributed by atoms with van der Waals surface area (Å²) in [7, 11) is 0. The highest BCUT2D eigenvalue weighted by Gasteiger charge is 2.08. The van der Waals surface area contributed by atoms with Crippen LogP contribution in [0.5, 0.6) is 5.75 Å². The number of hydrogen-bond acceptors (Lipinski definition) is 4. The van der Waals surface area contributed by atoms with Crippen molar-refractivity contribution in [1.29, 1.82) is 0 Å². The molecule has 0 spiro atoms. The molecule has 0 bridgehead atoms. The van der Waals surface area contributed by atoms with Crippen LogP contribution >= 0.6 is 11.6 Å². The summed E-state index contributed by atoms with van der Waals surface area (Å²) in [4.78, 5) is 23.7. The van der Waals surface area contributed by atoms with Gasteiger partial charge >= 0.3 is 0 Å². The van der Waals surface area contributed by atoms with Crippen molar-refractivity contribution in [2.75, 3.05) is 5.32 Å². The Labute approximate surface area is 163 Å². The standard InChI is InChI=1S/C20H22ClN3O3/c1-14(2)27-18-9-8-16(21)12-15(18)13-22-24-20(26)11-10-19(25)23-17-6-4-3-5-7-17/h3-9,12-14H,10-11H2,1-2H3,(H,23,25)(H,24,26). The molecule has 0 aromatic heterocycles. The minimum Gasteiger partial charge on any atom is -0.490 e. The molecule has 6 nitrogen and oxygen atoms in total. The van der Waals surface area contributed by atoms with Gasteiger partial charge in [0, 0.05) is 29.1 Å². The Balaban J connectivity index is 1.83. The Bertz CT molecular complexity index is 807. The first-order chi connectivity index (χ1) is 12.9. The van der Waals surface area contributed by atoms with Crippen molar-refractivity contribution in [3.63, 3.8) is 0 Å². The molecule has 0 atom stereocenters. The second kappa shape index (κ2) is 10.3. The van der Waals surface area contributed by atoms with Crippen molar-refractivity contribution in [3.05, 3.63) is 59.1 Å². The monoisotopic (exact) mass is 387 g/mol. The first kappa shape index (κ1) is 20.5. The quantitative estimate of drug-likeness (QED) is 0.530. The van der Waals surface area contributed by atoms with Gasteiger partial charge in [0.15, 0.2) is 0 Å². The molecule has 0 saturated heterocycles. The first-order valence-electron chi connectivity index (χ1n) is 8.57. The first-order valence-corrected chi connectivity index (χ1v) is 8.95. The highest BCUT2D eigenvalue weighted by atomic mass is 35.5. The molecule has 2 aromatic rings. The molecule has 0 aliphatic carbocycles. The second-order valence-electron chi connectivity index (χ2n) is 6.06. The Morgan fingerprint density at radius 2 is 1.81 bits per heavy atom. The van der Waals surface area contributed by atoms with E-state index in [0.717, 1.165) is 0 Å². The van der Waals surface area contributed by atoms with Crippen molar-refractivity contribution in [2.45, 2.75) is 32.8 Å². The van der Waals surface area contributed by atoms with Gasteiger partial charge in [0.1, 0.15) is 5.75 Å². The minimum absolute atomic E-state index is 0.00366. The van der Waals surface area contributed by atoms with Crippen molar-refractivity contribution < 1.29 is 14.3 Å². The van der Waals surface area contributed by atoms with Crippen molar-refractivity contribution >= 4 is 35.3 Å². The van der Waals surface area contributed by atoms with Crippen molar-refractivity contribution in [2.24, 2.45) is 5.10 Å². The van der Waals surface area contributed by atoms with Crippen molar-refractivity contribution in [3.8, 4) is 5.75 Å². The molecular formula is C20H22ClN3O3. The summed E-state index contributed by atoms with van der Waals surface area (Å²) < 4.78 is 5.68. The van der Waals surface area contributed by atoms with Gasteiger partial charge in [-0.1, -0.05) is 29.8 Å². The van der Waals surface area contributed by atoms with Gasteiger partial charge < -0.3 is 10.1 Å². The predicted molar refractivity (Wildman–Crippen MR) is 107 cm³/mol. The lowest BCUT2D eigenvalue weighted by molar-refractivity contribution is -0.124. The van der Waals surface area contributed by atoms with Gasteiger partial charge in [-0.3, -0.25) is 9.59 Å². The number of benzene rings is 2. The summed E-state index contributed by atoms with van der Waals surface area (Å²) in [5, 5.41) is 7.18. The lowest BCUT2D eigenvalue weighted by Crippen LogP contribution is -2.20. The van der Waals surface area contributed by atoms with Crippen LogP contribution in [0.1, 0.15) is 32.3 Å². The Hall–Kier alpha value is -2.86. The van der Waals surface area contributed by atoms with Crippen LogP contribution in [0.4, 0.5) is 5.69 Å². The number of hydrazone groups is 1. The summed E-state index contributed by atoms with van der Waals surface area (Å²) >= 11 is 6.00. The maximum atomic E-state index is 11.9. The van der Waals surface area contributed by atoms with E-state index in [9.17, 15) is 9.59 Å². The summed E-state index contributed by atoms with van der Waals surface area (Å²) in [6.45, 7) is 3.83. The average Bonchev–Trinajstić information content (AvgIpc) is 2.63. The summed E-state index contributed by atoms with van der Waals surface area (Å²) in [6.07, 6.45) is 1.55. The topological polar surface area (TPSA) is 79.8 Å². The molecular weight excluding hydrogens is 366 g/mol. The smallest absolute Gasteiger partial charge is 0.240 e. The third-order valence-electron chi connectivity index (χ3n) is 3.36. The molecule has 2 N–H and O–H groups in total. The fourth-order valence-corrected chi connectivity index (χ4v) is 2.36. The molecule has 2 rings (SSSR count). The lowest BCUT2D eigenvalue weighted by Gasteiger charge is -2.12. The predicted octanol–water partition coefficient (Wildman–Crippen LogP) is 4.00. The van der Waals surface area contributed by atoms with Crippen LogP contribution < -0.4 is 15.5 Å². The van der Waals surface area contributed by atoms with E-state index in [4.69, 9.17) is 16.3 Å². The molecule has 0 fully saturated rings. The van der Waals surface area contributed by atoms with Gasteiger partial charge in [-0.25, -0.2) is 5.43 Å². The molecule has 0 radical (unpaired) electrons. The van der Waals surface area contributed by atoms with Crippen LogP contribution in [-0.4, -0.2) is 24.1 Å². The molecule has 2 aromatic carbocycles. The van der Waals surface area contributed by atoms with Gasteiger partial charge in [-0.15, -0.1) is 0 Å². The van der Waals surface area contributed by atoms with Crippen LogP contribution in [0.3, 0.4) is 0 Å². The van der Waals surface area contributed by atoms with Crippen LogP contribution in [0.2, 0.25) is 5.02 Å². The van der Waals surface area contributed by atoms with E-state index in [-0.39, 0.29) is 30.8 Å². The number of anilines is 1. The number of rotatable bonds is 8. The molecule has 0 heterocycles. The van der Waals surface area contributed by atoms with Crippen LogP contribution in [-0.2, 0) is 9.59 Å². The fourth-order valence-electron chi connectivity index (χ4n) is 2.18. The lowest BCUT2D eigenvalue weighted by atomic mass is 10.2. The number of para-hydroxylation sites is 1. The largest absolute Gasteiger partial charge is 0.490 e. The maximum absolute atomic E-state index is 11.9. The van der Waals surface area contributed by atoms with Crippen LogP contribution in [0.25, 0.3) is 0 Å². The van der Waals surface area contributed by atoms with Gasteiger partial charge in [0.05, 0.1) is 12.3 Å². The molecule has 0 unspecified atom stereocenters. The zero-order valence-corrected chi connectivity index (χ0v) is 16.0. The van der Waals surface area contributed by atoms with Gasteiger partial charge in [0.25, 0.3) is 0 Å². The third kappa shape index (κ3) is 7.50. The molecule has 2 amide bonds. The van der Waals surface area contributed by atoms with E-state index in [1.165, 1.54) is 6.21 Å².